The fraction of sp³-hybridized carbons (Fsp3) is 0.172. The van der Waals surface area contributed by atoms with E-state index >= 15 is 0 Å². The van der Waals surface area contributed by atoms with Gasteiger partial charge in [-0.1, -0.05) is 60.2 Å². The second-order valence-electron chi connectivity index (χ2n) is 9.30. The smallest absolute Gasteiger partial charge is 0.301 e. The predicted octanol–water partition coefficient (Wildman–Crippen LogP) is 6.40. The highest BCUT2D eigenvalue weighted by Gasteiger charge is 2.48. The quantitative estimate of drug-likeness (QED) is 0.161. The fourth-order valence-corrected chi connectivity index (χ4v) is 6.21. The maximum Gasteiger partial charge on any atom is 0.301 e. The Morgan fingerprint density at radius 3 is 2.55 bits per heavy atom. The van der Waals surface area contributed by atoms with Gasteiger partial charge in [0.15, 0.2) is 10.9 Å². The van der Waals surface area contributed by atoms with Crippen molar-refractivity contribution in [3.05, 3.63) is 99.5 Å². The Morgan fingerprint density at radius 1 is 1.08 bits per heavy atom. The first kappa shape index (κ1) is 24.3. The first-order valence-corrected chi connectivity index (χ1v) is 13.4. The summed E-state index contributed by atoms with van der Waals surface area (Å²) in [7, 11) is 0. The zero-order valence-corrected chi connectivity index (χ0v) is 22.5. The number of nitrogens with zero attached hydrogens (tertiary/aromatic N) is 4. The van der Waals surface area contributed by atoms with E-state index in [2.05, 4.69) is 16.9 Å². The molecule has 0 aliphatic carbocycles. The highest BCUT2D eigenvalue weighted by molar-refractivity contribution is 7.22. The normalized spacial score (nSPS) is 17.3. The molecule has 6 rings (SSSR count). The summed E-state index contributed by atoms with van der Waals surface area (Å²) in [5.41, 5.74) is 5.00. The van der Waals surface area contributed by atoms with Crippen LogP contribution in [0.15, 0.2) is 66.4 Å². The lowest BCUT2D eigenvalue weighted by molar-refractivity contribution is -0.132. The minimum absolute atomic E-state index is 0.0132. The highest BCUT2D eigenvalue weighted by atomic mass is 35.5. The Hall–Kier alpha value is -4.01. The van der Waals surface area contributed by atoms with Gasteiger partial charge in [0.1, 0.15) is 11.3 Å². The molecular weight excluding hydrogens is 520 g/mol. The Labute approximate surface area is 227 Å². The average Bonchev–Trinajstić information content (AvgIpc) is 3.56. The number of anilines is 1. The number of aliphatic hydroxyl groups excluding tert-OH is 1. The maximum absolute atomic E-state index is 13.6. The third-order valence-electron chi connectivity index (χ3n) is 7.00. The summed E-state index contributed by atoms with van der Waals surface area (Å²) in [5.74, 6) is -1.84. The van der Waals surface area contributed by atoms with E-state index in [0.717, 1.165) is 22.2 Å². The van der Waals surface area contributed by atoms with E-state index in [-0.39, 0.29) is 17.0 Å². The molecular formula is C29H23ClN4O3S. The monoisotopic (exact) mass is 542 g/mol. The molecule has 1 amide bonds. The summed E-state index contributed by atoms with van der Waals surface area (Å²) >= 11 is 7.45. The van der Waals surface area contributed by atoms with Crippen LogP contribution in [0.2, 0.25) is 5.02 Å². The highest BCUT2D eigenvalue weighted by Crippen LogP contribution is 2.44. The van der Waals surface area contributed by atoms with Crippen molar-refractivity contribution in [1.29, 1.82) is 0 Å². The molecule has 7 nitrogen and oxygen atoms in total. The van der Waals surface area contributed by atoms with Crippen LogP contribution in [0.4, 0.5) is 5.13 Å². The molecule has 0 bridgehead atoms. The molecule has 1 unspecified atom stereocenters. The predicted molar refractivity (Wildman–Crippen MR) is 150 cm³/mol. The van der Waals surface area contributed by atoms with E-state index in [0.29, 0.717) is 32.6 Å². The van der Waals surface area contributed by atoms with E-state index in [1.54, 1.807) is 18.2 Å². The lowest BCUT2D eigenvalue weighted by atomic mass is 9.95. The number of aromatic nitrogens is 3. The number of pyridine rings is 1. The van der Waals surface area contributed by atoms with Gasteiger partial charge in [0.25, 0.3) is 5.78 Å². The Morgan fingerprint density at radius 2 is 1.84 bits per heavy atom. The van der Waals surface area contributed by atoms with E-state index in [1.165, 1.54) is 16.2 Å². The van der Waals surface area contributed by atoms with Gasteiger partial charge in [-0.3, -0.25) is 14.5 Å². The molecule has 1 aliphatic heterocycles. The molecule has 0 spiro atoms. The van der Waals surface area contributed by atoms with Gasteiger partial charge in [-0.15, -0.1) is 0 Å². The number of fused-ring (bicyclic) bond motifs is 2. The molecule has 1 saturated heterocycles. The number of hydrogen-bond acceptors (Lipinski definition) is 6. The van der Waals surface area contributed by atoms with Gasteiger partial charge in [0.2, 0.25) is 0 Å². The topological polar surface area (TPSA) is 87.8 Å². The lowest BCUT2D eigenvalue weighted by Gasteiger charge is -2.23. The molecule has 1 atom stereocenters. The van der Waals surface area contributed by atoms with E-state index in [4.69, 9.17) is 11.6 Å². The molecule has 9 heteroatoms. The van der Waals surface area contributed by atoms with Crippen molar-refractivity contribution in [1.82, 2.24) is 14.4 Å². The number of halogens is 1. The van der Waals surface area contributed by atoms with Crippen LogP contribution < -0.4 is 4.90 Å². The van der Waals surface area contributed by atoms with Gasteiger partial charge in [0.05, 0.1) is 27.5 Å². The molecule has 0 saturated carbocycles. The summed E-state index contributed by atoms with van der Waals surface area (Å²) in [5, 5.41) is 12.5. The second kappa shape index (κ2) is 9.08. The number of imidazole rings is 1. The summed E-state index contributed by atoms with van der Waals surface area (Å²) in [6.07, 6.45) is 2.70. The number of carbonyl (C=O) groups excluding carboxylic acids is 2. The maximum atomic E-state index is 13.6. The Bertz CT molecular complexity index is 1800. The molecule has 4 heterocycles. The van der Waals surface area contributed by atoms with Gasteiger partial charge < -0.3 is 9.51 Å². The number of amides is 1. The van der Waals surface area contributed by atoms with Crippen molar-refractivity contribution in [2.75, 3.05) is 4.90 Å². The molecule has 0 radical (unpaired) electrons. The number of hydrogen-bond donors (Lipinski definition) is 1. The Kier molecular flexibility index (Phi) is 5.81. The van der Waals surface area contributed by atoms with Crippen LogP contribution in [0.25, 0.3) is 21.6 Å². The Balaban J connectivity index is 1.59. The van der Waals surface area contributed by atoms with Gasteiger partial charge in [-0.25, -0.2) is 9.97 Å². The first-order valence-electron chi connectivity index (χ1n) is 12.2. The van der Waals surface area contributed by atoms with Crippen molar-refractivity contribution in [2.24, 2.45) is 0 Å². The number of aliphatic hydroxyl groups is 1. The molecule has 38 heavy (non-hydrogen) atoms. The molecule has 3 aromatic heterocycles. The third-order valence-corrected chi connectivity index (χ3v) is 8.25. The van der Waals surface area contributed by atoms with Crippen LogP contribution in [-0.4, -0.2) is 31.2 Å². The molecule has 1 N–H and O–H groups in total. The van der Waals surface area contributed by atoms with E-state index < -0.39 is 17.7 Å². The zero-order chi connectivity index (χ0) is 26.7. The van der Waals surface area contributed by atoms with Crippen molar-refractivity contribution in [3.63, 3.8) is 0 Å². The number of Topliss-reactive ketones (excluding diaryl/α,β-unsaturated/α-hetero) is 1. The molecule has 1 aliphatic rings. The summed E-state index contributed by atoms with van der Waals surface area (Å²) < 4.78 is 2.66. The van der Waals surface area contributed by atoms with Crippen LogP contribution in [0.3, 0.4) is 0 Å². The largest absolute Gasteiger partial charge is 0.505 e. The molecule has 5 aromatic rings. The third kappa shape index (κ3) is 3.71. The number of benzene rings is 2. The average molecular weight is 543 g/mol. The SMILES string of the molecule is CCc1ccc(C2/C(=C(\O)c3nc4c(C)cccn4c3C)C(=O)C(=O)N2c2nc3ccc(Cl)cc3s2)cc1. The fourth-order valence-electron chi connectivity index (χ4n) is 4.94. The van der Waals surface area contributed by atoms with Gasteiger partial charge >= 0.3 is 5.91 Å². The number of carbonyl (C=O) groups is 2. The standard InChI is InChI=1S/C29H23ClN4O3S/c1-4-17-7-9-18(10-8-17)24-22(25(35)23-16(3)33-13-5-6-15(2)27(33)32-23)26(36)28(37)34(24)29-31-20-12-11-19(30)14-21(20)38-29/h5-14,24,35H,4H2,1-3H3/b25-22+. The lowest BCUT2D eigenvalue weighted by Crippen LogP contribution is -2.29. The summed E-state index contributed by atoms with van der Waals surface area (Å²) in [4.78, 5) is 37.8. The van der Waals surface area contributed by atoms with Crippen molar-refractivity contribution in [3.8, 4) is 0 Å². The van der Waals surface area contributed by atoms with Gasteiger partial charge in [-0.2, -0.15) is 0 Å². The first-order chi connectivity index (χ1) is 18.3. The minimum Gasteiger partial charge on any atom is -0.505 e. The molecule has 190 valence electrons. The van der Waals surface area contributed by atoms with Crippen LogP contribution in [0.5, 0.6) is 0 Å². The van der Waals surface area contributed by atoms with Crippen LogP contribution in [0, 0.1) is 13.8 Å². The van der Waals surface area contributed by atoms with Crippen molar-refractivity contribution < 1.29 is 14.7 Å². The number of rotatable bonds is 4. The number of aryl methyl sites for hydroxylation is 3. The number of ketones is 1. The summed E-state index contributed by atoms with van der Waals surface area (Å²) in [6.45, 7) is 5.81. The van der Waals surface area contributed by atoms with Crippen molar-refractivity contribution in [2.45, 2.75) is 33.2 Å². The number of thiazole rings is 1. The van der Waals surface area contributed by atoms with Crippen LogP contribution >= 0.6 is 22.9 Å². The van der Waals surface area contributed by atoms with Gasteiger partial charge in [0, 0.05) is 11.2 Å². The van der Waals surface area contributed by atoms with E-state index in [9.17, 15) is 14.7 Å². The summed E-state index contributed by atoms with van der Waals surface area (Å²) in [6, 6.07) is 16.0. The minimum atomic E-state index is -0.873. The zero-order valence-electron chi connectivity index (χ0n) is 20.9. The van der Waals surface area contributed by atoms with Crippen LogP contribution in [0.1, 0.15) is 41.0 Å². The van der Waals surface area contributed by atoms with Crippen LogP contribution in [-0.2, 0) is 16.0 Å². The van der Waals surface area contributed by atoms with Crippen molar-refractivity contribution >= 4 is 61.4 Å². The molecule has 1 fully saturated rings. The van der Waals surface area contributed by atoms with E-state index in [1.807, 2.05) is 60.8 Å². The second-order valence-corrected chi connectivity index (χ2v) is 10.7. The molecule has 2 aromatic carbocycles. The van der Waals surface area contributed by atoms with Gasteiger partial charge in [-0.05, 0) is 61.2 Å².